The van der Waals surface area contributed by atoms with Gasteiger partial charge in [0.25, 0.3) is 5.91 Å². The molecule has 144 valence electrons. The monoisotopic (exact) mass is 382 g/mol. The summed E-state index contributed by atoms with van der Waals surface area (Å²) in [5, 5.41) is 6.98. The number of nitrogens with one attached hydrogen (secondary N) is 2. The standard InChI is InChI=1S/C20H18N2O6/c1-26-17-8-12-11-4-2-3-5-15(11)28-16(12)9-14(17)22-19(24)10-27-20(25)13-6-7-18(23)21-13/h2-5,8-9,13H,6-7,10H2,1H3,(H,21,23)(H,22,24). The van der Waals surface area contributed by atoms with Crippen LogP contribution >= 0.6 is 0 Å². The summed E-state index contributed by atoms with van der Waals surface area (Å²) in [5.74, 6) is -0.885. The lowest BCUT2D eigenvalue weighted by atomic mass is 10.1. The van der Waals surface area contributed by atoms with Gasteiger partial charge in [0, 0.05) is 23.3 Å². The average molecular weight is 382 g/mol. The first-order valence-electron chi connectivity index (χ1n) is 8.80. The molecule has 0 spiro atoms. The Hall–Kier alpha value is -3.55. The van der Waals surface area contributed by atoms with Crippen LogP contribution in [-0.2, 0) is 19.1 Å². The second kappa shape index (κ2) is 7.22. The van der Waals surface area contributed by atoms with Crippen LogP contribution in [0.5, 0.6) is 5.75 Å². The molecule has 4 rings (SSSR count). The SMILES string of the molecule is COc1cc2c(cc1NC(=O)COC(=O)C1CCC(=O)N1)oc1ccccc12. The molecule has 8 heteroatoms. The van der Waals surface area contributed by atoms with E-state index in [1.54, 1.807) is 12.1 Å². The minimum atomic E-state index is -0.693. The molecule has 0 saturated carbocycles. The van der Waals surface area contributed by atoms with Crippen molar-refractivity contribution in [1.82, 2.24) is 5.32 Å². The van der Waals surface area contributed by atoms with Crippen LogP contribution in [0.1, 0.15) is 12.8 Å². The minimum Gasteiger partial charge on any atom is -0.495 e. The maximum Gasteiger partial charge on any atom is 0.329 e. The van der Waals surface area contributed by atoms with Gasteiger partial charge in [-0.15, -0.1) is 0 Å². The number of anilines is 1. The zero-order valence-electron chi connectivity index (χ0n) is 15.1. The average Bonchev–Trinajstić information content (AvgIpc) is 3.28. The van der Waals surface area contributed by atoms with E-state index in [9.17, 15) is 14.4 Å². The van der Waals surface area contributed by atoms with Gasteiger partial charge in [0.05, 0.1) is 12.8 Å². The lowest BCUT2D eigenvalue weighted by Crippen LogP contribution is -2.36. The summed E-state index contributed by atoms with van der Waals surface area (Å²) in [4.78, 5) is 35.3. The number of rotatable bonds is 5. The molecule has 8 nitrogen and oxygen atoms in total. The van der Waals surface area contributed by atoms with Crippen LogP contribution in [0.15, 0.2) is 40.8 Å². The van der Waals surface area contributed by atoms with Crippen LogP contribution in [0.25, 0.3) is 21.9 Å². The van der Waals surface area contributed by atoms with Gasteiger partial charge in [0.1, 0.15) is 23.0 Å². The van der Waals surface area contributed by atoms with Gasteiger partial charge in [-0.25, -0.2) is 4.79 Å². The van der Waals surface area contributed by atoms with Crippen molar-refractivity contribution >= 4 is 45.4 Å². The molecule has 2 N–H and O–H groups in total. The van der Waals surface area contributed by atoms with Gasteiger partial charge in [0.2, 0.25) is 5.91 Å². The van der Waals surface area contributed by atoms with Crippen LogP contribution in [-0.4, -0.2) is 37.5 Å². The number of furan rings is 1. The van der Waals surface area contributed by atoms with Crippen molar-refractivity contribution in [3.05, 3.63) is 36.4 Å². The number of esters is 1. The molecule has 2 aromatic carbocycles. The van der Waals surface area contributed by atoms with Crippen LogP contribution < -0.4 is 15.4 Å². The van der Waals surface area contributed by atoms with Crippen molar-refractivity contribution in [2.75, 3.05) is 19.0 Å². The first kappa shape index (κ1) is 17.8. The molecule has 2 heterocycles. The van der Waals surface area contributed by atoms with E-state index in [0.29, 0.717) is 23.4 Å². The second-order valence-corrected chi connectivity index (χ2v) is 6.46. The normalized spacial score (nSPS) is 16.2. The zero-order valence-corrected chi connectivity index (χ0v) is 15.1. The highest BCUT2D eigenvalue weighted by Crippen LogP contribution is 2.36. The number of para-hydroxylation sites is 1. The molecular formula is C20H18N2O6. The molecule has 1 aliphatic heterocycles. The second-order valence-electron chi connectivity index (χ2n) is 6.46. The van der Waals surface area contributed by atoms with Gasteiger partial charge in [0.15, 0.2) is 6.61 Å². The Bertz CT molecular complexity index is 1090. The van der Waals surface area contributed by atoms with E-state index < -0.39 is 24.5 Å². The van der Waals surface area contributed by atoms with Crippen molar-refractivity contribution in [3.63, 3.8) is 0 Å². The van der Waals surface area contributed by atoms with E-state index in [4.69, 9.17) is 13.9 Å². The fourth-order valence-electron chi connectivity index (χ4n) is 3.23. The Labute approximate surface area is 159 Å². The molecule has 1 atom stereocenters. The minimum absolute atomic E-state index is 0.199. The molecule has 0 radical (unpaired) electrons. The molecule has 1 aliphatic rings. The summed E-state index contributed by atoms with van der Waals surface area (Å²) >= 11 is 0. The van der Waals surface area contributed by atoms with Crippen molar-refractivity contribution in [1.29, 1.82) is 0 Å². The molecule has 0 aliphatic carbocycles. The first-order valence-corrected chi connectivity index (χ1v) is 8.80. The number of methoxy groups -OCH3 is 1. The fraction of sp³-hybridized carbons (Fsp3) is 0.250. The van der Waals surface area contributed by atoms with Crippen LogP contribution in [0.2, 0.25) is 0 Å². The maximum absolute atomic E-state index is 12.2. The molecule has 1 saturated heterocycles. The van der Waals surface area contributed by atoms with Gasteiger partial charge in [-0.1, -0.05) is 18.2 Å². The third-order valence-electron chi connectivity index (χ3n) is 4.60. The first-order chi connectivity index (χ1) is 13.5. The molecule has 1 unspecified atom stereocenters. The lowest BCUT2D eigenvalue weighted by molar-refractivity contribution is -0.149. The van der Waals surface area contributed by atoms with Crippen molar-refractivity contribution < 1.29 is 28.3 Å². The van der Waals surface area contributed by atoms with E-state index in [2.05, 4.69) is 10.6 Å². The summed E-state index contributed by atoms with van der Waals surface area (Å²) in [6.45, 7) is -0.466. The van der Waals surface area contributed by atoms with Crippen LogP contribution in [0.3, 0.4) is 0 Å². The number of fused-ring (bicyclic) bond motifs is 3. The summed E-state index contributed by atoms with van der Waals surface area (Å²) in [7, 11) is 1.50. The van der Waals surface area contributed by atoms with Crippen LogP contribution in [0, 0.1) is 0 Å². The van der Waals surface area contributed by atoms with Gasteiger partial charge in [-0.05, 0) is 18.6 Å². The Morgan fingerprint density at radius 1 is 1.21 bits per heavy atom. The molecule has 28 heavy (non-hydrogen) atoms. The predicted octanol–water partition coefficient (Wildman–Crippen LogP) is 2.35. The van der Waals surface area contributed by atoms with E-state index in [-0.39, 0.29) is 12.3 Å². The molecule has 2 amide bonds. The number of amides is 2. The summed E-state index contributed by atoms with van der Waals surface area (Å²) in [6.07, 6.45) is 0.649. The number of hydrogen-bond donors (Lipinski definition) is 2. The van der Waals surface area contributed by atoms with Crippen molar-refractivity contribution in [2.45, 2.75) is 18.9 Å². The summed E-state index contributed by atoms with van der Waals surface area (Å²) in [5.41, 5.74) is 1.74. The van der Waals surface area contributed by atoms with Crippen LogP contribution in [0.4, 0.5) is 5.69 Å². The molecule has 1 aromatic heterocycles. The quantitative estimate of drug-likeness (QED) is 0.656. The highest BCUT2D eigenvalue weighted by Gasteiger charge is 2.28. The number of benzene rings is 2. The van der Waals surface area contributed by atoms with Gasteiger partial charge < -0.3 is 24.5 Å². The van der Waals surface area contributed by atoms with Gasteiger partial charge >= 0.3 is 5.97 Å². The highest BCUT2D eigenvalue weighted by molar-refractivity contribution is 6.08. The third-order valence-corrected chi connectivity index (χ3v) is 4.60. The van der Waals surface area contributed by atoms with Crippen molar-refractivity contribution in [3.8, 4) is 5.75 Å². The third kappa shape index (κ3) is 3.36. The molecule has 0 bridgehead atoms. The lowest BCUT2D eigenvalue weighted by Gasteiger charge is -2.12. The van der Waals surface area contributed by atoms with E-state index in [1.807, 2.05) is 24.3 Å². The maximum atomic E-state index is 12.2. The molecular weight excluding hydrogens is 364 g/mol. The highest BCUT2D eigenvalue weighted by atomic mass is 16.5. The number of carbonyl (C=O) groups excluding carboxylic acids is 3. The van der Waals surface area contributed by atoms with Gasteiger partial charge in [-0.3, -0.25) is 9.59 Å². The van der Waals surface area contributed by atoms with E-state index >= 15 is 0 Å². The Balaban J connectivity index is 1.48. The van der Waals surface area contributed by atoms with E-state index in [1.165, 1.54) is 7.11 Å². The topological polar surface area (TPSA) is 107 Å². The molecule has 3 aromatic rings. The Morgan fingerprint density at radius 2 is 2.04 bits per heavy atom. The summed E-state index contributed by atoms with van der Waals surface area (Å²) < 4.78 is 16.2. The summed E-state index contributed by atoms with van der Waals surface area (Å²) in [6, 6.07) is 10.4. The van der Waals surface area contributed by atoms with Gasteiger partial charge in [-0.2, -0.15) is 0 Å². The Morgan fingerprint density at radius 3 is 2.79 bits per heavy atom. The van der Waals surface area contributed by atoms with E-state index in [0.717, 1.165) is 16.4 Å². The fourth-order valence-corrected chi connectivity index (χ4v) is 3.23. The number of ether oxygens (including phenoxy) is 2. The number of carbonyl (C=O) groups is 3. The smallest absolute Gasteiger partial charge is 0.329 e. The number of hydrogen-bond acceptors (Lipinski definition) is 6. The molecule has 1 fully saturated rings. The predicted molar refractivity (Wildman–Crippen MR) is 101 cm³/mol. The Kier molecular flexibility index (Phi) is 4.60. The largest absolute Gasteiger partial charge is 0.495 e. The zero-order chi connectivity index (χ0) is 19.7. The van der Waals surface area contributed by atoms with Crippen molar-refractivity contribution in [2.24, 2.45) is 0 Å².